The lowest BCUT2D eigenvalue weighted by atomic mass is 9.91. The summed E-state index contributed by atoms with van der Waals surface area (Å²) in [6.45, 7) is 1.43. The quantitative estimate of drug-likeness (QED) is 0.699. The second kappa shape index (κ2) is 8.61. The Balaban J connectivity index is 1.41. The molecule has 2 heterocycles. The van der Waals surface area contributed by atoms with E-state index in [0.717, 1.165) is 40.7 Å². The van der Waals surface area contributed by atoms with E-state index in [2.05, 4.69) is 0 Å². The average Bonchev–Trinajstić information content (AvgIpc) is 2.78. The van der Waals surface area contributed by atoms with Gasteiger partial charge in [-0.1, -0.05) is 24.3 Å². The van der Waals surface area contributed by atoms with Crippen LogP contribution in [0.5, 0.6) is 11.5 Å². The zero-order valence-corrected chi connectivity index (χ0v) is 17.4. The number of pyridine rings is 1. The Morgan fingerprint density at radius 3 is 2.53 bits per heavy atom. The number of carbonyl (C=O) groups is 1. The van der Waals surface area contributed by atoms with E-state index < -0.39 is 0 Å². The van der Waals surface area contributed by atoms with Crippen LogP contribution < -0.4 is 15.2 Å². The molecule has 6 nitrogen and oxygen atoms in total. The summed E-state index contributed by atoms with van der Waals surface area (Å²) in [4.78, 5) is 19.6. The number of hydrogen-bond donors (Lipinski definition) is 1. The molecule has 6 heteroatoms. The standard InChI is InChI=1S/C24H27N3O3/c1-29-21-8-7-16(13-22(21)30-2)14-23(28)27-11-9-17(10-12-27)24-19(25)15-18-5-3-4-6-20(18)26-24/h3-8,13,15,17H,9-12,14,25H2,1-2H3. The number of amides is 1. The number of likely N-dealkylation sites (tertiary alicyclic amines) is 1. The normalized spacial score (nSPS) is 14.7. The Hall–Kier alpha value is -3.28. The molecule has 3 aromatic rings. The molecule has 1 aliphatic heterocycles. The van der Waals surface area contributed by atoms with Crippen molar-refractivity contribution in [2.24, 2.45) is 0 Å². The number of carbonyl (C=O) groups excluding carboxylic acids is 1. The third kappa shape index (κ3) is 4.03. The number of anilines is 1. The van der Waals surface area contributed by atoms with E-state index in [1.54, 1.807) is 14.2 Å². The number of nitrogens with two attached hydrogens (primary N) is 1. The minimum atomic E-state index is 0.125. The van der Waals surface area contributed by atoms with Gasteiger partial charge in [-0.2, -0.15) is 0 Å². The first kappa shape index (κ1) is 20.0. The predicted octanol–water partition coefficient (Wildman–Crippen LogP) is 3.78. The van der Waals surface area contributed by atoms with Gasteiger partial charge in [0, 0.05) is 24.4 Å². The zero-order valence-electron chi connectivity index (χ0n) is 17.4. The summed E-state index contributed by atoms with van der Waals surface area (Å²) >= 11 is 0. The van der Waals surface area contributed by atoms with Gasteiger partial charge in [0.1, 0.15) is 0 Å². The number of aromatic nitrogens is 1. The average molecular weight is 405 g/mol. The Labute approximate surface area is 176 Å². The molecule has 30 heavy (non-hydrogen) atoms. The highest BCUT2D eigenvalue weighted by molar-refractivity contribution is 5.82. The summed E-state index contributed by atoms with van der Waals surface area (Å²) in [5.41, 5.74) is 9.88. The molecule has 1 fully saturated rings. The highest BCUT2D eigenvalue weighted by Gasteiger charge is 2.26. The van der Waals surface area contributed by atoms with Gasteiger partial charge in [-0.25, -0.2) is 0 Å². The van der Waals surface area contributed by atoms with Crippen molar-refractivity contribution in [3.63, 3.8) is 0 Å². The predicted molar refractivity (Wildman–Crippen MR) is 118 cm³/mol. The van der Waals surface area contributed by atoms with E-state index in [1.807, 2.05) is 53.4 Å². The maximum atomic E-state index is 12.8. The number of para-hydroxylation sites is 1. The van der Waals surface area contributed by atoms with Crippen molar-refractivity contribution in [2.75, 3.05) is 33.0 Å². The molecule has 0 atom stereocenters. The molecule has 1 aliphatic rings. The Morgan fingerprint density at radius 2 is 1.80 bits per heavy atom. The molecular weight excluding hydrogens is 378 g/mol. The summed E-state index contributed by atoms with van der Waals surface area (Å²) in [5, 5.41) is 1.06. The third-order valence-electron chi connectivity index (χ3n) is 5.82. The molecule has 0 bridgehead atoms. The first-order chi connectivity index (χ1) is 14.6. The zero-order chi connectivity index (χ0) is 21.1. The number of nitrogens with zero attached hydrogens (tertiary/aromatic N) is 2. The fourth-order valence-electron chi connectivity index (χ4n) is 4.15. The minimum Gasteiger partial charge on any atom is -0.493 e. The van der Waals surface area contributed by atoms with E-state index in [4.69, 9.17) is 20.2 Å². The SMILES string of the molecule is COc1ccc(CC(=O)N2CCC(c3nc4ccccc4cc3N)CC2)cc1OC. The van der Waals surface area contributed by atoms with Gasteiger partial charge in [-0.3, -0.25) is 9.78 Å². The van der Waals surface area contributed by atoms with Gasteiger partial charge in [-0.05, 0) is 42.7 Å². The van der Waals surface area contributed by atoms with Crippen LogP contribution in [0.25, 0.3) is 10.9 Å². The molecule has 1 amide bonds. The van der Waals surface area contributed by atoms with E-state index in [9.17, 15) is 4.79 Å². The van der Waals surface area contributed by atoms with Crippen LogP contribution in [0.4, 0.5) is 5.69 Å². The van der Waals surface area contributed by atoms with Gasteiger partial charge in [0.25, 0.3) is 0 Å². The number of piperidine rings is 1. The Kier molecular flexibility index (Phi) is 5.74. The number of nitrogen functional groups attached to an aromatic ring is 1. The van der Waals surface area contributed by atoms with Crippen molar-refractivity contribution in [3.8, 4) is 11.5 Å². The highest BCUT2D eigenvalue weighted by atomic mass is 16.5. The topological polar surface area (TPSA) is 77.7 Å². The highest BCUT2D eigenvalue weighted by Crippen LogP contribution is 2.33. The lowest BCUT2D eigenvalue weighted by Gasteiger charge is -2.32. The summed E-state index contributed by atoms with van der Waals surface area (Å²) in [6, 6.07) is 15.6. The van der Waals surface area contributed by atoms with E-state index in [0.29, 0.717) is 31.0 Å². The third-order valence-corrected chi connectivity index (χ3v) is 5.82. The second-order valence-electron chi connectivity index (χ2n) is 7.68. The molecule has 4 rings (SSSR count). The van der Waals surface area contributed by atoms with Crippen LogP contribution in [-0.4, -0.2) is 43.1 Å². The largest absolute Gasteiger partial charge is 0.493 e. The summed E-state index contributed by atoms with van der Waals surface area (Å²) in [5.74, 6) is 1.70. The molecule has 0 radical (unpaired) electrons. The molecule has 1 aromatic heterocycles. The molecule has 156 valence electrons. The number of hydrogen-bond acceptors (Lipinski definition) is 5. The number of methoxy groups -OCH3 is 2. The minimum absolute atomic E-state index is 0.125. The number of benzene rings is 2. The maximum absolute atomic E-state index is 12.8. The van der Waals surface area contributed by atoms with Gasteiger partial charge in [0.05, 0.1) is 37.5 Å². The Bertz CT molecular complexity index is 1060. The lowest BCUT2D eigenvalue weighted by Crippen LogP contribution is -2.39. The van der Waals surface area contributed by atoms with E-state index >= 15 is 0 Å². The van der Waals surface area contributed by atoms with Crippen LogP contribution in [-0.2, 0) is 11.2 Å². The van der Waals surface area contributed by atoms with Crippen LogP contribution in [0.2, 0.25) is 0 Å². The van der Waals surface area contributed by atoms with Crippen LogP contribution in [0, 0.1) is 0 Å². The van der Waals surface area contributed by atoms with Gasteiger partial charge < -0.3 is 20.1 Å². The van der Waals surface area contributed by atoms with E-state index in [-0.39, 0.29) is 11.8 Å². The summed E-state index contributed by atoms with van der Waals surface area (Å²) < 4.78 is 10.6. The number of fused-ring (bicyclic) bond motifs is 1. The van der Waals surface area contributed by atoms with Crippen LogP contribution in [0.1, 0.15) is 30.0 Å². The smallest absolute Gasteiger partial charge is 0.226 e. The van der Waals surface area contributed by atoms with Crippen LogP contribution >= 0.6 is 0 Å². The van der Waals surface area contributed by atoms with Crippen molar-refractivity contribution in [2.45, 2.75) is 25.2 Å². The molecule has 0 saturated carbocycles. The van der Waals surface area contributed by atoms with Crippen molar-refractivity contribution in [3.05, 3.63) is 59.8 Å². The first-order valence-corrected chi connectivity index (χ1v) is 10.2. The molecular formula is C24H27N3O3. The van der Waals surface area contributed by atoms with Crippen molar-refractivity contribution < 1.29 is 14.3 Å². The van der Waals surface area contributed by atoms with Crippen LogP contribution in [0.3, 0.4) is 0 Å². The summed E-state index contributed by atoms with van der Waals surface area (Å²) in [6.07, 6.45) is 2.09. The van der Waals surface area contributed by atoms with E-state index in [1.165, 1.54) is 0 Å². The lowest BCUT2D eigenvalue weighted by molar-refractivity contribution is -0.131. The molecule has 1 saturated heterocycles. The number of ether oxygens (including phenoxy) is 2. The van der Waals surface area contributed by atoms with Gasteiger partial charge in [0.2, 0.25) is 5.91 Å². The molecule has 2 aromatic carbocycles. The number of rotatable bonds is 5. The molecule has 0 unspecified atom stereocenters. The second-order valence-corrected chi connectivity index (χ2v) is 7.68. The maximum Gasteiger partial charge on any atom is 0.226 e. The fourth-order valence-corrected chi connectivity index (χ4v) is 4.15. The molecule has 0 spiro atoms. The van der Waals surface area contributed by atoms with Crippen LogP contribution in [0.15, 0.2) is 48.5 Å². The van der Waals surface area contributed by atoms with Crippen molar-refractivity contribution in [1.29, 1.82) is 0 Å². The van der Waals surface area contributed by atoms with Crippen molar-refractivity contribution in [1.82, 2.24) is 9.88 Å². The Morgan fingerprint density at radius 1 is 1.07 bits per heavy atom. The van der Waals surface area contributed by atoms with Gasteiger partial charge in [0.15, 0.2) is 11.5 Å². The van der Waals surface area contributed by atoms with Gasteiger partial charge in [-0.15, -0.1) is 0 Å². The molecule has 0 aliphatic carbocycles. The molecule has 2 N–H and O–H groups in total. The monoisotopic (exact) mass is 405 g/mol. The first-order valence-electron chi connectivity index (χ1n) is 10.2. The summed E-state index contributed by atoms with van der Waals surface area (Å²) in [7, 11) is 3.20. The van der Waals surface area contributed by atoms with Gasteiger partial charge >= 0.3 is 0 Å². The van der Waals surface area contributed by atoms with Crippen molar-refractivity contribution >= 4 is 22.5 Å². The fraction of sp³-hybridized carbons (Fsp3) is 0.333.